The van der Waals surface area contributed by atoms with Gasteiger partial charge in [0.1, 0.15) is 6.54 Å². The molecule has 4 rings (SSSR count). The van der Waals surface area contributed by atoms with Crippen LogP contribution >= 0.6 is 0 Å². The van der Waals surface area contributed by atoms with Gasteiger partial charge in [-0.3, -0.25) is 19.3 Å². The molecule has 0 bridgehead atoms. The summed E-state index contributed by atoms with van der Waals surface area (Å²) in [6, 6.07) is 12.4. The van der Waals surface area contributed by atoms with Crippen molar-refractivity contribution in [3.63, 3.8) is 0 Å². The van der Waals surface area contributed by atoms with Gasteiger partial charge in [0.2, 0.25) is 12.7 Å². The summed E-state index contributed by atoms with van der Waals surface area (Å²) in [5, 5.41) is 2.76. The Morgan fingerprint density at radius 3 is 2.44 bits per heavy atom. The molecule has 2 aromatic rings. The van der Waals surface area contributed by atoms with Gasteiger partial charge in [0, 0.05) is 6.54 Å². The van der Waals surface area contributed by atoms with Crippen molar-refractivity contribution in [2.45, 2.75) is 12.8 Å². The average Bonchev–Trinajstić information content (AvgIpc) is 3.24. The fourth-order valence-corrected chi connectivity index (χ4v) is 3.20. The van der Waals surface area contributed by atoms with Gasteiger partial charge in [-0.05, 0) is 42.7 Å². The van der Waals surface area contributed by atoms with E-state index in [0.29, 0.717) is 17.7 Å². The second kappa shape index (κ2) is 7.11. The molecule has 138 valence electrons. The number of amides is 3. The zero-order valence-corrected chi connectivity index (χ0v) is 14.6. The van der Waals surface area contributed by atoms with E-state index >= 15 is 0 Å². The average molecular weight is 366 g/mol. The van der Waals surface area contributed by atoms with Crippen LogP contribution in [0.15, 0.2) is 42.5 Å². The van der Waals surface area contributed by atoms with Crippen molar-refractivity contribution < 1.29 is 23.9 Å². The topological polar surface area (TPSA) is 84.9 Å². The van der Waals surface area contributed by atoms with Crippen LogP contribution in [0.4, 0.5) is 0 Å². The minimum atomic E-state index is -0.425. The largest absolute Gasteiger partial charge is 0.454 e. The van der Waals surface area contributed by atoms with Crippen LogP contribution in [0.5, 0.6) is 11.5 Å². The van der Waals surface area contributed by atoms with Gasteiger partial charge < -0.3 is 14.8 Å². The Hall–Kier alpha value is -3.35. The van der Waals surface area contributed by atoms with Crippen molar-refractivity contribution in [1.82, 2.24) is 10.2 Å². The molecule has 0 radical (unpaired) electrons. The van der Waals surface area contributed by atoms with Gasteiger partial charge in [-0.1, -0.05) is 18.2 Å². The Bertz CT molecular complexity index is 889. The number of carbonyl (C=O) groups excluding carboxylic acids is 3. The van der Waals surface area contributed by atoms with E-state index in [9.17, 15) is 14.4 Å². The third-order valence-corrected chi connectivity index (χ3v) is 4.58. The van der Waals surface area contributed by atoms with E-state index in [1.807, 2.05) is 18.2 Å². The molecule has 0 atom stereocenters. The second-order valence-electron chi connectivity index (χ2n) is 6.38. The van der Waals surface area contributed by atoms with Gasteiger partial charge in [-0.2, -0.15) is 0 Å². The Kier molecular flexibility index (Phi) is 4.50. The zero-order valence-electron chi connectivity index (χ0n) is 14.6. The number of carbonyl (C=O) groups is 3. The van der Waals surface area contributed by atoms with Crippen LogP contribution in [0.3, 0.4) is 0 Å². The lowest BCUT2D eigenvalue weighted by atomic mass is 10.1. The minimum Gasteiger partial charge on any atom is -0.454 e. The Labute approximate surface area is 155 Å². The maximum absolute atomic E-state index is 12.3. The van der Waals surface area contributed by atoms with Crippen molar-refractivity contribution in [2.75, 3.05) is 19.9 Å². The maximum Gasteiger partial charge on any atom is 0.262 e. The van der Waals surface area contributed by atoms with Crippen LogP contribution < -0.4 is 14.8 Å². The summed E-state index contributed by atoms with van der Waals surface area (Å²) in [6.07, 6.45) is 1.50. The lowest BCUT2D eigenvalue weighted by Gasteiger charge is -2.13. The smallest absolute Gasteiger partial charge is 0.262 e. The standard InChI is InChI=1S/C20H18N2O5/c23-18(11-22-19(24)14-5-1-2-6-15(14)20(22)25)21-9-3-4-13-7-8-16-17(10-13)27-12-26-16/h1-2,5-8,10H,3-4,9,11-12H2,(H,21,23). The summed E-state index contributed by atoms with van der Waals surface area (Å²) < 4.78 is 10.6. The van der Waals surface area contributed by atoms with E-state index in [0.717, 1.165) is 34.8 Å². The zero-order chi connectivity index (χ0) is 18.8. The highest BCUT2D eigenvalue weighted by molar-refractivity contribution is 6.22. The quantitative estimate of drug-likeness (QED) is 0.622. The summed E-state index contributed by atoms with van der Waals surface area (Å²) >= 11 is 0. The predicted molar refractivity (Wildman–Crippen MR) is 95.7 cm³/mol. The van der Waals surface area contributed by atoms with Crippen LogP contribution in [-0.4, -0.2) is 42.5 Å². The maximum atomic E-state index is 12.3. The minimum absolute atomic E-state index is 0.243. The first kappa shape index (κ1) is 17.1. The molecule has 0 saturated heterocycles. The molecule has 0 unspecified atom stereocenters. The SMILES string of the molecule is O=C(CN1C(=O)c2ccccc2C1=O)NCCCc1ccc2c(c1)OCO2. The first-order valence-electron chi connectivity index (χ1n) is 8.74. The van der Waals surface area contributed by atoms with E-state index in [1.165, 1.54) is 0 Å². The highest BCUT2D eigenvalue weighted by Gasteiger charge is 2.36. The number of benzene rings is 2. The van der Waals surface area contributed by atoms with Crippen LogP contribution in [0.1, 0.15) is 32.7 Å². The number of nitrogens with zero attached hydrogens (tertiary/aromatic N) is 1. The van der Waals surface area contributed by atoms with Crippen molar-refractivity contribution in [1.29, 1.82) is 0 Å². The molecular weight excluding hydrogens is 348 g/mol. The molecule has 7 heteroatoms. The van der Waals surface area contributed by atoms with E-state index in [1.54, 1.807) is 24.3 Å². The van der Waals surface area contributed by atoms with Gasteiger partial charge >= 0.3 is 0 Å². The summed E-state index contributed by atoms with van der Waals surface area (Å²) in [5.74, 6) is 0.280. The van der Waals surface area contributed by atoms with E-state index in [4.69, 9.17) is 9.47 Å². The molecule has 2 heterocycles. The lowest BCUT2D eigenvalue weighted by molar-refractivity contribution is -0.121. The summed E-state index contributed by atoms with van der Waals surface area (Å²) in [6.45, 7) is 0.430. The lowest BCUT2D eigenvalue weighted by Crippen LogP contribution is -2.40. The molecule has 2 aromatic carbocycles. The molecule has 27 heavy (non-hydrogen) atoms. The molecule has 0 fully saturated rings. The molecule has 0 aromatic heterocycles. The normalized spacial score (nSPS) is 14.4. The fraction of sp³-hybridized carbons (Fsp3) is 0.250. The van der Waals surface area contributed by atoms with E-state index in [-0.39, 0.29) is 19.2 Å². The number of ether oxygens (including phenoxy) is 2. The van der Waals surface area contributed by atoms with Gasteiger partial charge in [0.25, 0.3) is 11.8 Å². The highest BCUT2D eigenvalue weighted by atomic mass is 16.7. The monoisotopic (exact) mass is 366 g/mol. The summed E-state index contributed by atoms with van der Waals surface area (Å²) in [7, 11) is 0. The number of nitrogens with one attached hydrogen (secondary N) is 1. The molecule has 0 spiro atoms. The third-order valence-electron chi connectivity index (χ3n) is 4.58. The number of hydrogen-bond acceptors (Lipinski definition) is 5. The summed E-state index contributed by atoms with van der Waals surface area (Å²) in [5.41, 5.74) is 1.78. The Morgan fingerprint density at radius 1 is 1.00 bits per heavy atom. The molecule has 2 aliphatic heterocycles. The fourth-order valence-electron chi connectivity index (χ4n) is 3.20. The van der Waals surface area contributed by atoms with E-state index in [2.05, 4.69) is 5.32 Å². The molecular formula is C20H18N2O5. The van der Waals surface area contributed by atoms with Crippen molar-refractivity contribution in [2.24, 2.45) is 0 Å². The summed E-state index contributed by atoms with van der Waals surface area (Å²) in [4.78, 5) is 37.6. The number of hydrogen-bond donors (Lipinski definition) is 1. The second-order valence-corrected chi connectivity index (χ2v) is 6.38. The first-order valence-corrected chi connectivity index (χ1v) is 8.74. The van der Waals surface area contributed by atoms with Crippen LogP contribution in [-0.2, 0) is 11.2 Å². The molecule has 0 aliphatic carbocycles. The number of rotatable bonds is 6. The van der Waals surface area contributed by atoms with E-state index < -0.39 is 11.8 Å². The highest BCUT2D eigenvalue weighted by Crippen LogP contribution is 2.32. The van der Waals surface area contributed by atoms with Gasteiger partial charge in [-0.25, -0.2) is 0 Å². The molecule has 0 saturated carbocycles. The molecule has 3 amide bonds. The van der Waals surface area contributed by atoms with Crippen molar-refractivity contribution in [3.8, 4) is 11.5 Å². The van der Waals surface area contributed by atoms with Crippen LogP contribution in [0.2, 0.25) is 0 Å². The van der Waals surface area contributed by atoms with Crippen LogP contribution in [0, 0.1) is 0 Å². The molecule has 2 aliphatic rings. The molecule has 1 N–H and O–H groups in total. The van der Waals surface area contributed by atoms with Crippen molar-refractivity contribution in [3.05, 3.63) is 59.2 Å². The van der Waals surface area contributed by atoms with Crippen LogP contribution in [0.25, 0.3) is 0 Å². The van der Waals surface area contributed by atoms with Gasteiger partial charge in [0.05, 0.1) is 11.1 Å². The Morgan fingerprint density at radius 2 is 1.70 bits per heavy atom. The molecule has 7 nitrogen and oxygen atoms in total. The number of imide groups is 1. The first-order chi connectivity index (χ1) is 13.1. The number of aryl methyl sites for hydroxylation is 1. The van der Waals surface area contributed by atoms with Crippen molar-refractivity contribution >= 4 is 17.7 Å². The third kappa shape index (κ3) is 3.36. The predicted octanol–water partition coefficient (Wildman–Crippen LogP) is 1.76. The van der Waals surface area contributed by atoms with Gasteiger partial charge in [0.15, 0.2) is 11.5 Å². The Balaban J connectivity index is 1.25. The number of fused-ring (bicyclic) bond motifs is 2. The van der Waals surface area contributed by atoms with Gasteiger partial charge in [-0.15, -0.1) is 0 Å².